The van der Waals surface area contributed by atoms with Gasteiger partial charge in [-0.15, -0.1) is 11.8 Å². The Bertz CT molecular complexity index is 890. The van der Waals surface area contributed by atoms with Crippen molar-refractivity contribution in [1.82, 2.24) is 10.2 Å². The lowest BCUT2D eigenvalue weighted by molar-refractivity contribution is -0.138. The van der Waals surface area contributed by atoms with Crippen molar-refractivity contribution in [3.63, 3.8) is 0 Å². The Labute approximate surface area is 203 Å². The summed E-state index contributed by atoms with van der Waals surface area (Å²) in [4.78, 5) is 27.4. The lowest BCUT2D eigenvalue weighted by Gasteiger charge is -2.30. The van der Waals surface area contributed by atoms with Crippen LogP contribution in [0.1, 0.15) is 38.3 Å². The van der Waals surface area contributed by atoms with Gasteiger partial charge in [0.05, 0.1) is 5.75 Å². The fraction of sp³-hybridized carbons (Fsp3) is 0.391. The number of carbonyl (C=O) groups excluding carboxylic acids is 2. The first kappa shape index (κ1) is 25.9. The fourth-order valence-corrected chi connectivity index (χ4v) is 4.56. The minimum absolute atomic E-state index is 0.0189. The second kappa shape index (κ2) is 12.6. The molecule has 8 heteroatoms. The van der Waals surface area contributed by atoms with Crippen molar-refractivity contribution in [2.24, 2.45) is 0 Å². The number of nitrogens with one attached hydrogen (secondary N) is 1. The molecule has 2 aromatic rings. The van der Waals surface area contributed by atoms with Gasteiger partial charge in [0.1, 0.15) is 6.04 Å². The van der Waals surface area contributed by atoms with Gasteiger partial charge in [-0.25, -0.2) is 0 Å². The summed E-state index contributed by atoms with van der Waals surface area (Å²) in [7, 11) is 0. The zero-order valence-corrected chi connectivity index (χ0v) is 20.9. The maximum atomic E-state index is 13.2. The normalized spacial score (nSPS) is 12.8. The van der Waals surface area contributed by atoms with E-state index in [0.717, 1.165) is 12.0 Å². The first-order chi connectivity index (χ1) is 14.7. The molecular weight excluding hydrogens is 475 g/mol. The molecule has 2 rings (SSSR count). The van der Waals surface area contributed by atoms with Crippen LogP contribution in [0, 0.1) is 0 Å². The highest BCUT2D eigenvalue weighted by Crippen LogP contribution is 2.27. The Morgan fingerprint density at radius 1 is 1.00 bits per heavy atom. The molecule has 0 spiro atoms. The molecule has 0 bridgehead atoms. The van der Waals surface area contributed by atoms with Crippen LogP contribution in [0.3, 0.4) is 0 Å². The maximum absolute atomic E-state index is 13.2. The fourth-order valence-electron chi connectivity index (χ4n) is 2.85. The van der Waals surface area contributed by atoms with Gasteiger partial charge in [0.25, 0.3) is 0 Å². The van der Waals surface area contributed by atoms with Crippen LogP contribution < -0.4 is 5.32 Å². The van der Waals surface area contributed by atoms with E-state index in [2.05, 4.69) is 5.32 Å². The third kappa shape index (κ3) is 7.60. The van der Waals surface area contributed by atoms with Crippen LogP contribution in [-0.2, 0) is 21.9 Å². The Balaban J connectivity index is 2.16. The molecule has 0 aliphatic heterocycles. The molecule has 0 radical (unpaired) electrons. The zero-order valence-electron chi connectivity index (χ0n) is 17.8. The molecule has 0 heterocycles. The molecule has 2 aromatic carbocycles. The lowest BCUT2D eigenvalue weighted by atomic mass is 10.1. The molecule has 0 fully saturated rings. The molecule has 0 saturated heterocycles. The van der Waals surface area contributed by atoms with Crippen LogP contribution in [-0.4, -0.2) is 34.6 Å². The van der Waals surface area contributed by atoms with Gasteiger partial charge in [0.2, 0.25) is 11.8 Å². The van der Waals surface area contributed by atoms with Crippen LogP contribution in [0.5, 0.6) is 0 Å². The number of hydrogen-bond acceptors (Lipinski definition) is 3. The second-order valence-corrected chi connectivity index (χ2v) is 9.51. The smallest absolute Gasteiger partial charge is 0.242 e. The van der Waals surface area contributed by atoms with Gasteiger partial charge in [0, 0.05) is 39.0 Å². The molecule has 0 unspecified atom stereocenters. The van der Waals surface area contributed by atoms with Crippen molar-refractivity contribution < 1.29 is 9.59 Å². The largest absolute Gasteiger partial charge is 0.352 e. The summed E-state index contributed by atoms with van der Waals surface area (Å²) in [5, 5.41) is 4.54. The van der Waals surface area contributed by atoms with Gasteiger partial charge in [-0.2, -0.15) is 0 Å². The van der Waals surface area contributed by atoms with Crippen LogP contribution in [0.15, 0.2) is 42.5 Å². The van der Waals surface area contributed by atoms with Gasteiger partial charge in [0.15, 0.2) is 0 Å². The Kier molecular flexibility index (Phi) is 10.5. The van der Waals surface area contributed by atoms with E-state index in [1.54, 1.807) is 25.1 Å². The number of hydrogen-bond donors (Lipinski definition) is 1. The Morgan fingerprint density at radius 2 is 1.61 bits per heavy atom. The SMILES string of the molecule is CC[C@@H](C)NC(=O)[C@H](C)N(Cc1c(Cl)cccc1Cl)C(=O)CSCc1ccccc1Cl. The topological polar surface area (TPSA) is 49.4 Å². The average molecular weight is 502 g/mol. The third-order valence-electron chi connectivity index (χ3n) is 5.00. The molecule has 0 saturated carbocycles. The predicted molar refractivity (Wildman–Crippen MR) is 132 cm³/mol. The molecule has 31 heavy (non-hydrogen) atoms. The predicted octanol–water partition coefficient (Wildman–Crippen LogP) is 6.21. The first-order valence-electron chi connectivity index (χ1n) is 10.1. The maximum Gasteiger partial charge on any atom is 0.242 e. The van der Waals surface area contributed by atoms with E-state index in [-0.39, 0.29) is 30.2 Å². The number of nitrogens with zero attached hydrogens (tertiary/aromatic N) is 1. The summed E-state index contributed by atoms with van der Waals surface area (Å²) in [5.41, 5.74) is 1.59. The first-order valence-corrected chi connectivity index (χ1v) is 12.4. The number of halogens is 3. The number of benzene rings is 2. The summed E-state index contributed by atoms with van der Waals surface area (Å²) in [6.07, 6.45) is 0.802. The summed E-state index contributed by atoms with van der Waals surface area (Å²) >= 11 is 20.3. The molecular formula is C23H27Cl3N2O2S. The highest BCUT2D eigenvalue weighted by molar-refractivity contribution is 7.99. The highest BCUT2D eigenvalue weighted by Gasteiger charge is 2.28. The van der Waals surface area contributed by atoms with E-state index >= 15 is 0 Å². The molecule has 2 atom stereocenters. The molecule has 0 aliphatic carbocycles. The zero-order chi connectivity index (χ0) is 23.0. The number of rotatable bonds is 10. The Hall–Kier alpha value is -1.40. The van der Waals surface area contributed by atoms with Crippen LogP contribution >= 0.6 is 46.6 Å². The van der Waals surface area contributed by atoms with Gasteiger partial charge < -0.3 is 10.2 Å². The van der Waals surface area contributed by atoms with Crippen molar-refractivity contribution in [2.45, 2.75) is 51.6 Å². The molecule has 0 aromatic heterocycles. The van der Waals surface area contributed by atoms with Crippen LogP contribution in [0.2, 0.25) is 15.1 Å². The van der Waals surface area contributed by atoms with Crippen LogP contribution in [0.4, 0.5) is 0 Å². The molecule has 168 valence electrons. The van der Waals surface area contributed by atoms with E-state index in [1.807, 2.05) is 38.1 Å². The van der Waals surface area contributed by atoms with E-state index in [9.17, 15) is 9.59 Å². The summed E-state index contributed by atoms with van der Waals surface area (Å²) < 4.78 is 0. The highest BCUT2D eigenvalue weighted by atomic mass is 35.5. The van der Waals surface area contributed by atoms with Crippen molar-refractivity contribution in [3.05, 3.63) is 68.7 Å². The van der Waals surface area contributed by atoms with Crippen LogP contribution in [0.25, 0.3) is 0 Å². The second-order valence-electron chi connectivity index (χ2n) is 7.30. The number of thioether (sulfide) groups is 1. The minimum Gasteiger partial charge on any atom is -0.352 e. The third-order valence-corrected chi connectivity index (χ3v) is 7.04. The van der Waals surface area contributed by atoms with Gasteiger partial charge in [-0.05, 0) is 44.0 Å². The van der Waals surface area contributed by atoms with E-state index < -0.39 is 6.04 Å². The van der Waals surface area contributed by atoms with Crippen molar-refractivity contribution in [2.75, 3.05) is 5.75 Å². The summed E-state index contributed by atoms with van der Waals surface area (Å²) in [5.74, 6) is 0.426. The van der Waals surface area contributed by atoms with E-state index in [4.69, 9.17) is 34.8 Å². The summed E-state index contributed by atoms with van der Waals surface area (Å²) in [6.45, 7) is 5.80. The van der Waals surface area contributed by atoms with Crippen molar-refractivity contribution in [1.29, 1.82) is 0 Å². The Morgan fingerprint density at radius 3 is 2.23 bits per heavy atom. The molecule has 1 N–H and O–H groups in total. The monoisotopic (exact) mass is 500 g/mol. The van der Waals surface area contributed by atoms with Gasteiger partial charge in [-0.3, -0.25) is 9.59 Å². The minimum atomic E-state index is -0.672. The standard InChI is InChI=1S/C23H27Cl3N2O2S/c1-4-15(2)27-23(30)16(3)28(12-18-20(25)10-7-11-21(18)26)22(29)14-31-13-17-8-5-6-9-19(17)24/h5-11,15-16H,4,12-14H2,1-3H3,(H,27,30)/t15-,16+/m1/s1. The molecule has 0 aliphatic rings. The molecule has 2 amide bonds. The number of carbonyl (C=O) groups is 2. The molecule has 4 nitrogen and oxygen atoms in total. The average Bonchev–Trinajstić information content (AvgIpc) is 2.74. The van der Waals surface area contributed by atoms with Crippen molar-refractivity contribution in [3.8, 4) is 0 Å². The van der Waals surface area contributed by atoms with Gasteiger partial charge >= 0.3 is 0 Å². The summed E-state index contributed by atoms with van der Waals surface area (Å²) in [6, 6.07) is 12.1. The van der Waals surface area contributed by atoms with E-state index in [0.29, 0.717) is 26.4 Å². The quantitative estimate of drug-likeness (QED) is 0.421. The lowest BCUT2D eigenvalue weighted by Crippen LogP contribution is -2.50. The number of amides is 2. The van der Waals surface area contributed by atoms with Gasteiger partial charge in [-0.1, -0.05) is 66.0 Å². The van der Waals surface area contributed by atoms with Crippen molar-refractivity contribution >= 4 is 58.4 Å². The van der Waals surface area contributed by atoms with E-state index in [1.165, 1.54) is 16.7 Å².